The summed E-state index contributed by atoms with van der Waals surface area (Å²) < 4.78 is 5.09. The van der Waals surface area contributed by atoms with Gasteiger partial charge in [0.25, 0.3) is 0 Å². The van der Waals surface area contributed by atoms with E-state index < -0.39 is 0 Å². The van der Waals surface area contributed by atoms with Crippen LogP contribution in [0.15, 0.2) is 30.3 Å². The Morgan fingerprint density at radius 1 is 1.30 bits per heavy atom. The number of nitrogens with zero attached hydrogens (tertiary/aromatic N) is 2. The van der Waals surface area contributed by atoms with Gasteiger partial charge in [-0.1, -0.05) is 12.1 Å². The topological polar surface area (TPSA) is 76.1 Å². The van der Waals surface area contributed by atoms with E-state index in [2.05, 4.69) is 20.6 Å². The summed E-state index contributed by atoms with van der Waals surface area (Å²) in [5.74, 6) is 0.915. The molecule has 0 bridgehead atoms. The summed E-state index contributed by atoms with van der Waals surface area (Å²) in [6.07, 6.45) is 2.32. The van der Waals surface area contributed by atoms with Crippen LogP contribution in [0.3, 0.4) is 0 Å². The highest BCUT2D eigenvalue weighted by molar-refractivity contribution is 5.96. The van der Waals surface area contributed by atoms with Crippen LogP contribution in [0.5, 0.6) is 0 Å². The van der Waals surface area contributed by atoms with Gasteiger partial charge in [-0.15, -0.1) is 0 Å². The van der Waals surface area contributed by atoms with Crippen molar-refractivity contribution in [1.29, 1.82) is 0 Å². The maximum absolute atomic E-state index is 12.0. The minimum Gasteiger partial charge on any atom is -0.462 e. The molecule has 120 valence electrons. The van der Waals surface area contributed by atoms with Gasteiger partial charge in [-0.25, -0.2) is 9.78 Å². The highest BCUT2D eigenvalue weighted by Crippen LogP contribution is 2.25. The molecule has 0 unspecified atom stereocenters. The van der Waals surface area contributed by atoms with Gasteiger partial charge in [0.1, 0.15) is 5.82 Å². The Kier molecular flexibility index (Phi) is 4.41. The van der Waals surface area contributed by atoms with Gasteiger partial charge >= 0.3 is 5.97 Å². The second-order valence-electron chi connectivity index (χ2n) is 5.53. The summed E-state index contributed by atoms with van der Waals surface area (Å²) in [5, 5.41) is 6.48. The minimum atomic E-state index is -0.349. The number of para-hydroxylation sites is 1. The Morgan fingerprint density at radius 3 is 2.83 bits per heavy atom. The molecule has 0 amide bonds. The zero-order valence-corrected chi connectivity index (χ0v) is 13.3. The van der Waals surface area contributed by atoms with E-state index in [9.17, 15) is 4.79 Å². The lowest BCUT2D eigenvalue weighted by atomic mass is 10.2. The zero-order valence-electron chi connectivity index (χ0n) is 13.3. The third kappa shape index (κ3) is 3.97. The van der Waals surface area contributed by atoms with E-state index in [0.29, 0.717) is 35.7 Å². The molecule has 0 saturated heterocycles. The fraction of sp³-hybridized carbons (Fsp3) is 0.353. The fourth-order valence-electron chi connectivity index (χ4n) is 2.22. The van der Waals surface area contributed by atoms with Crippen LogP contribution >= 0.6 is 0 Å². The van der Waals surface area contributed by atoms with Crippen LogP contribution in [0.25, 0.3) is 0 Å². The Balaban J connectivity index is 1.84. The zero-order chi connectivity index (χ0) is 16.2. The number of hydrogen-bond donors (Lipinski definition) is 2. The van der Waals surface area contributed by atoms with Crippen molar-refractivity contribution >= 4 is 23.4 Å². The first-order valence-corrected chi connectivity index (χ1v) is 7.81. The Labute approximate surface area is 135 Å². The van der Waals surface area contributed by atoms with Crippen LogP contribution in [0, 0.1) is 6.92 Å². The molecule has 0 radical (unpaired) electrons. The molecule has 23 heavy (non-hydrogen) atoms. The number of aromatic nitrogens is 2. The molecule has 0 atom stereocenters. The second kappa shape index (κ2) is 6.64. The number of hydrogen-bond acceptors (Lipinski definition) is 6. The van der Waals surface area contributed by atoms with E-state index >= 15 is 0 Å². The third-order valence-electron chi connectivity index (χ3n) is 3.45. The summed E-state index contributed by atoms with van der Waals surface area (Å²) in [4.78, 5) is 20.9. The number of carbonyl (C=O) groups is 1. The quantitative estimate of drug-likeness (QED) is 0.797. The van der Waals surface area contributed by atoms with Crippen molar-refractivity contribution in [2.45, 2.75) is 32.7 Å². The largest absolute Gasteiger partial charge is 0.462 e. The van der Waals surface area contributed by atoms with E-state index in [1.165, 1.54) is 0 Å². The molecule has 3 rings (SSSR count). The van der Waals surface area contributed by atoms with Gasteiger partial charge in [0.2, 0.25) is 5.95 Å². The minimum absolute atomic E-state index is 0.342. The molecule has 1 aromatic carbocycles. The molecular weight excluding hydrogens is 292 g/mol. The molecule has 1 saturated carbocycles. The maximum atomic E-state index is 12.0. The number of ether oxygens (including phenoxy) is 1. The van der Waals surface area contributed by atoms with Gasteiger partial charge in [0.15, 0.2) is 0 Å². The SMILES string of the molecule is CCOC(=O)c1ccccc1Nc1cc(C)nc(NC2CC2)n1. The van der Waals surface area contributed by atoms with Crippen LogP contribution in [-0.2, 0) is 4.74 Å². The lowest BCUT2D eigenvalue weighted by molar-refractivity contribution is 0.0527. The van der Waals surface area contributed by atoms with Crippen molar-refractivity contribution in [3.8, 4) is 0 Å². The number of carbonyl (C=O) groups excluding carboxylic acids is 1. The Morgan fingerprint density at radius 2 is 2.09 bits per heavy atom. The van der Waals surface area contributed by atoms with Crippen LogP contribution in [0.4, 0.5) is 17.5 Å². The van der Waals surface area contributed by atoms with E-state index in [-0.39, 0.29) is 5.97 Å². The van der Waals surface area contributed by atoms with Crippen LogP contribution in [0.1, 0.15) is 35.8 Å². The third-order valence-corrected chi connectivity index (χ3v) is 3.45. The molecule has 0 aliphatic heterocycles. The number of anilines is 3. The molecule has 2 N–H and O–H groups in total. The van der Waals surface area contributed by atoms with Crippen LogP contribution < -0.4 is 10.6 Å². The molecule has 2 aromatic rings. The highest BCUT2D eigenvalue weighted by Gasteiger charge is 2.22. The van der Waals surface area contributed by atoms with Gasteiger partial charge < -0.3 is 15.4 Å². The summed E-state index contributed by atoms with van der Waals surface area (Å²) in [7, 11) is 0. The van der Waals surface area contributed by atoms with Gasteiger partial charge in [0, 0.05) is 17.8 Å². The summed E-state index contributed by atoms with van der Waals surface area (Å²) in [6, 6.07) is 9.57. The van der Waals surface area contributed by atoms with Crippen molar-refractivity contribution in [1.82, 2.24) is 9.97 Å². The molecule has 1 fully saturated rings. The maximum Gasteiger partial charge on any atom is 0.340 e. The summed E-state index contributed by atoms with van der Waals surface area (Å²) >= 11 is 0. The molecule has 1 aromatic heterocycles. The molecule has 6 heteroatoms. The number of nitrogens with one attached hydrogen (secondary N) is 2. The molecule has 6 nitrogen and oxygen atoms in total. The van der Waals surface area contributed by atoms with Crippen molar-refractivity contribution in [2.24, 2.45) is 0 Å². The predicted molar refractivity (Wildman–Crippen MR) is 89.1 cm³/mol. The summed E-state index contributed by atoms with van der Waals surface area (Å²) in [5.41, 5.74) is 2.02. The molecular formula is C17H20N4O2. The van der Waals surface area contributed by atoms with Gasteiger partial charge in [-0.05, 0) is 38.8 Å². The van der Waals surface area contributed by atoms with Crippen LogP contribution in [-0.4, -0.2) is 28.6 Å². The van der Waals surface area contributed by atoms with Crippen molar-refractivity contribution in [3.05, 3.63) is 41.6 Å². The number of esters is 1. The summed E-state index contributed by atoms with van der Waals surface area (Å²) in [6.45, 7) is 4.05. The predicted octanol–water partition coefficient (Wildman–Crippen LogP) is 3.28. The number of aryl methyl sites for hydroxylation is 1. The molecule has 1 heterocycles. The average Bonchev–Trinajstić information content (AvgIpc) is 3.31. The first-order chi connectivity index (χ1) is 11.2. The fourth-order valence-corrected chi connectivity index (χ4v) is 2.22. The standard InChI is InChI=1S/C17H20N4O2/c1-3-23-16(22)13-6-4-5-7-14(13)20-15-10-11(2)18-17(21-15)19-12-8-9-12/h4-7,10,12H,3,8-9H2,1-2H3,(H2,18,19,20,21). The number of rotatable bonds is 6. The van der Waals surface area contributed by atoms with E-state index in [1.54, 1.807) is 13.0 Å². The van der Waals surface area contributed by atoms with Crippen molar-refractivity contribution < 1.29 is 9.53 Å². The lowest BCUT2D eigenvalue weighted by Gasteiger charge is -2.12. The van der Waals surface area contributed by atoms with E-state index in [0.717, 1.165) is 18.5 Å². The average molecular weight is 312 g/mol. The smallest absolute Gasteiger partial charge is 0.340 e. The molecule has 0 spiro atoms. The van der Waals surface area contributed by atoms with Gasteiger partial charge in [-0.3, -0.25) is 0 Å². The van der Waals surface area contributed by atoms with Gasteiger partial charge in [-0.2, -0.15) is 4.98 Å². The molecule has 1 aliphatic carbocycles. The van der Waals surface area contributed by atoms with Crippen LogP contribution in [0.2, 0.25) is 0 Å². The second-order valence-corrected chi connectivity index (χ2v) is 5.53. The van der Waals surface area contributed by atoms with E-state index in [1.807, 2.05) is 31.2 Å². The highest BCUT2D eigenvalue weighted by atomic mass is 16.5. The van der Waals surface area contributed by atoms with Crippen molar-refractivity contribution in [3.63, 3.8) is 0 Å². The first kappa shape index (κ1) is 15.3. The Bertz CT molecular complexity index is 713. The lowest BCUT2D eigenvalue weighted by Crippen LogP contribution is -2.10. The van der Waals surface area contributed by atoms with Crippen molar-refractivity contribution in [2.75, 3.05) is 17.2 Å². The normalized spacial score (nSPS) is 13.5. The number of benzene rings is 1. The molecule has 1 aliphatic rings. The van der Waals surface area contributed by atoms with E-state index in [4.69, 9.17) is 4.74 Å². The Hall–Kier alpha value is -2.63. The monoisotopic (exact) mass is 312 g/mol. The van der Waals surface area contributed by atoms with Gasteiger partial charge in [0.05, 0.1) is 17.9 Å². The first-order valence-electron chi connectivity index (χ1n) is 7.81.